The first-order chi connectivity index (χ1) is 13.9. The number of aliphatic hydroxyl groups is 1. The highest BCUT2D eigenvalue weighted by Gasteiger charge is 2.30. The molecule has 2 aromatic carbocycles. The van der Waals surface area contributed by atoms with E-state index in [9.17, 15) is 18.3 Å². The molecule has 0 radical (unpaired) electrons. The molecule has 29 heavy (non-hydrogen) atoms. The van der Waals surface area contributed by atoms with Gasteiger partial charge in [0.05, 0.1) is 5.56 Å². The summed E-state index contributed by atoms with van der Waals surface area (Å²) in [7, 11) is 0. The Morgan fingerprint density at radius 3 is 2.24 bits per heavy atom. The molecule has 158 valence electrons. The predicted molar refractivity (Wildman–Crippen MR) is 106 cm³/mol. The fourth-order valence-electron chi connectivity index (χ4n) is 3.49. The van der Waals surface area contributed by atoms with E-state index in [1.54, 1.807) is 0 Å². The van der Waals surface area contributed by atoms with Gasteiger partial charge in [-0.05, 0) is 49.3 Å². The largest absolute Gasteiger partial charge is 0.491 e. The SMILES string of the molecule is O[C@H](COc1ccc(C(F)(F)F)cc1)CN1CCCN(Cc2ccccc2)CC1. The second kappa shape index (κ2) is 10.1. The molecule has 1 heterocycles. The number of benzene rings is 2. The van der Waals surface area contributed by atoms with E-state index >= 15 is 0 Å². The first kappa shape index (κ1) is 21.6. The van der Waals surface area contributed by atoms with E-state index in [2.05, 4.69) is 21.9 Å². The second-order valence-corrected chi connectivity index (χ2v) is 7.40. The van der Waals surface area contributed by atoms with Crippen LogP contribution < -0.4 is 4.74 Å². The van der Waals surface area contributed by atoms with Crippen LogP contribution in [-0.2, 0) is 12.7 Å². The summed E-state index contributed by atoms with van der Waals surface area (Å²) in [5.41, 5.74) is 0.584. The van der Waals surface area contributed by atoms with Crippen molar-refractivity contribution in [2.24, 2.45) is 0 Å². The Balaban J connectivity index is 1.40. The van der Waals surface area contributed by atoms with Crippen LogP contribution in [0.1, 0.15) is 17.5 Å². The monoisotopic (exact) mass is 408 g/mol. The van der Waals surface area contributed by atoms with Crippen LogP contribution in [0, 0.1) is 0 Å². The molecule has 0 bridgehead atoms. The number of nitrogens with zero attached hydrogens (tertiary/aromatic N) is 2. The molecular weight excluding hydrogens is 381 g/mol. The van der Waals surface area contributed by atoms with E-state index in [1.807, 2.05) is 18.2 Å². The average molecular weight is 408 g/mol. The summed E-state index contributed by atoms with van der Waals surface area (Å²) in [4.78, 5) is 4.63. The topological polar surface area (TPSA) is 35.9 Å². The first-order valence-corrected chi connectivity index (χ1v) is 9.87. The van der Waals surface area contributed by atoms with Gasteiger partial charge in [-0.15, -0.1) is 0 Å². The van der Waals surface area contributed by atoms with Gasteiger partial charge in [0.1, 0.15) is 18.5 Å². The number of β-amino-alcohol motifs (C(OH)–C–C–N with tert-alkyl or cyclic N) is 1. The lowest BCUT2D eigenvalue weighted by molar-refractivity contribution is -0.137. The number of ether oxygens (including phenoxy) is 1. The standard InChI is InChI=1S/C22H27F3N2O2/c23-22(24,25)19-7-9-21(10-8-19)29-17-20(28)16-27-12-4-11-26(13-14-27)15-18-5-2-1-3-6-18/h1-3,5-10,20,28H,4,11-17H2/t20-/m0/s1. The quantitative estimate of drug-likeness (QED) is 0.759. The highest BCUT2D eigenvalue weighted by atomic mass is 19.4. The van der Waals surface area contributed by atoms with Crippen LogP contribution >= 0.6 is 0 Å². The third-order valence-corrected chi connectivity index (χ3v) is 5.02. The van der Waals surface area contributed by atoms with Crippen LogP contribution in [0.5, 0.6) is 5.75 Å². The van der Waals surface area contributed by atoms with E-state index in [1.165, 1.54) is 17.7 Å². The fraction of sp³-hybridized carbons (Fsp3) is 0.455. The summed E-state index contributed by atoms with van der Waals surface area (Å²) in [6, 6.07) is 14.9. The molecule has 0 unspecified atom stereocenters. The smallest absolute Gasteiger partial charge is 0.416 e. The lowest BCUT2D eigenvalue weighted by Gasteiger charge is -2.24. The number of hydrogen-bond donors (Lipinski definition) is 1. The normalized spacial score (nSPS) is 17.7. The van der Waals surface area contributed by atoms with Crippen molar-refractivity contribution in [3.05, 3.63) is 65.7 Å². The zero-order chi connectivity index (χ0) is 20.7. The Labute approximate surface area is 169 Å². The lowest BCUT2D eigenvalue weighted by Crippen LogP contribution is -2.38. The van der Waals surface area contributed by atoms with Gasteiger partial charge in [-0.1, -0.05) is 30.3 Å². The van der Waals surface area contributed by atoms with Crippen LogP contribution in [0.2, 0.25) is 0 Å². The highest BCUT2D eigenvalue weighted by Crippen LogP contribution is 2.30. The maximum atomic E-state index is 12.6. The summed E-state index contributed by atoms with van der Waals surface area (Å²) in [5.74, 6) is 0.321. The lowest BCUT2D eigenvalue weighted by atomic mass is 10.2. The van der Waals surface area contributed by atoms with Crippen molar-refractivity contribution >= 4 is 0 Å². The molecule has 0 amide bonds. The Morgan fingerprint density at radius 1 is 0.897 bits per heavy atom. The molecule has 0 spiro atoms. The number of aliphatic hydroxyl groups excluding tert-OH is 1. The third-order valence-electron chi connectivity index (χ3n) is 5.02. The van der Waals surface area contributed by atoms with Gasteiger partial charge in [0.25, 0.3) is 0 Å². The van der Waals surface area contributed by atoms with Crippen molar-refractivity contribution in [3.8, 4) is 5.75 Å². The minimum Gasteiger partial charge on any atom is -0.491 e. The van der Waals surface area contributed by atoms with Crippen LogP contribution in [0.3, 0.4) is 0 Å². The van der Waals surface area contributed by atoms with Gasteiger partial charge in [-0.3, -0.25) is 9.80 Å². The molecule has 0 aromatic heterocycles. The maximum Gasteiger partial charge on any atom is 0.416 e. The fourth-order valence-corrected chi connectivity index (χ4v) is 3.49. The van der Waals surface area contributed by atoms with Crippen molar-refractivity contribution in [2.75, 3.05) is 39.3 Å². The Kier molecular flexibility index (Phi) is 7.52. The first-order valence-electron chi connectivity index (χ1n) is 9.87. The molecule has 1 fully saturated rings. The summed E-state index contributed by atoms with van der Waals surface area (Å²) in [5, 5.41) is 10.3. The summed E-state index contributed by atoms with van der Waals surface area (Å²) >= 11 is 0. The predicted octanol–water partition coefficient (Wildman–Crippen LogP) is 3.65. The van der Waals surface area contributed by atoms with E-state index in [0.29, 0.717) is 12.3 Å². The van der Waals surface area contributed by atoms with Gasteiger partial charge in [0.2, 0.25) is 0 Å². The summed E-state index contributed by atoms with van der Waals surface area (Å²) in [6.07, 6.45) is -4.03. The number of halogens is 3. The van der Waals surface area contributed by atoms with Crippen molar-refractivity contribution in [1.82, 2.24) is 9.80 Å². The molecule has 7 heteroatoms. The molecule has 0 saturated carbocycles. The second-order valence-electron chi connectivity index (χ2n) is 7.40. The molecule has 1 saturated heterocycles. The minimum atomic E-state index is -4.36. The van der Waals surface area contributed by atoms with Crippen LogP contribution in [0.15, 0.2) is 54.6 Å². The van der Waals surface area contributed by atoms with Gasteiger partial charge in [-0.2, -0.15) is 13.2 Å². The van der Waals surface area contributed by atoms with Crippen LogP contribution in [0.25, 0.3) is 0 Å². The molecule has 1 aliphatic heterocycles. The van der Waals surface area contributed by atoms with Crippen molar-refractivity contribution in [1.29, 1.82) is 0 Å². The molecule has 1 atom stereocenters. The third kappa shape index (κ3) is 7.03. The molecule has 1 N–H and O–H groups in total. The Bertz CT molecular complexity index is 738. The molecule has 0 aliphatic carbocycles. The van der Waals surface area contributed by atoms with E-state index in [4.69, 9.17) is 4.74 Å². The van der Waals surface area contributed by atoms with Gasteiger partial charge in [0, 0.05) is 26.2 Å². The zero-order valence-electron chi connectivity index (χ0n) is 16.3. The molecular formula is C22H27F3N2O2. The van der Waals surface area contributed by atoms with E-state index < -0.39 is 17.8 Å². The minimum absolute atomic E-state index is 0.0512. The Hall–Kier alpha value is -2.09. The Morgan fingerprint density at radius 2 is 1.55 bits per heavy atom. The summed E-state index contributed by atoms with van der Waals surface area (Å²) < 4.78 is 43.2. The van der Waals surface area contributed by atoms with Crippen molar-refractivity contribution in [3.63, 3.8) is 0 Å². The molecule has 2 aromatic rings. The van der Waals surface area contributed by atoms with Crippen LogP contribution in [-0.4, -0.2) is 60.3 Å². The average Bonchev–Trinajstić information content (AvgIpc) is 2.92. The number of alkyl halides is 3. The van der Waals surface area contributed by atoms with Crippen LogP contribution in [0.4, 0.5) is 13.2 Å². The zero-order valence-corrected chi connectivity index (χ0v) is 16.3. The molecule has 4 nitrogen and oxygen atoms in total. The number of hydrogen-bond acceptors (Lipinski definition) is 4. The van der Waals surface area contributed by atoms with Gasteiger partial charge >= 0.3 is 6.18 Å². The summed E-state index contributed by atoms with van der Waals surface area (Å²) in [6.45, 7) is 5.18. The molecule has 3 rings (SSSR count). The van der Waals surface area contributed by atoms with E-state index in [-0.39, 0.29) is 6.61 Å². The number of rotatable bonds is 7. The van der Waals surface area contributed by atoms with Gasteiger partial charge in [-0.25, -0.2) is 0 Å². The van der Waals surface area contributed by atoms with Crippen molar-refractivity contribution < 1.29 is 23.0 Å². The van der Waals surface area contributed by atoms with E-state index in [0.717, 1.165) is 51.3 Å². The van der Waals surface area contributed by atoms with Gasteiger partial charge < -0.3 is 9.84 Å². The molecule has 1 aliphatic rings. The maximum absolute atomic E-state index is 12.6. The van der Waals surface area contributed by atoms with Crippen molar-refractivity contribution in [2.45, 2.75) is 25.2 Å². The van der Waals surface area contributed by atoms with Gasteiger partial charge in [0.15, 0.2) is 0 Å². The highest BCUT2D eigenvalue weighted by molar-refractivity contribution is 5.28.